The van der Waals surface area contributed by atoms with E-state index in [-0.39, 0.29) is 5.12 Å². The molecule has 0 aliphatic heterocycles. The highest BCUT2D eigenvalue weighted by Gasteiger charge is 2.09. The first-order chi connectivity index (χ1) is 7.24. The number of rotatable bonds is 5. The maximum Gasteiger partial charge on any atom is 0.228 e. The van der Waals surface area contributed by atoms with Crippen LogP contribution in [0.1, 0.15) is 30.1 Å². The predicted molar refractivity (Wildman–Crippen MR) is 76.1 cm³/mol. The summed E-state index contributed by atoms with van der Waals surface area (Å²) in [5.74, 6) is 1.05. The minimum Gasteiger partial charge on any atom is -0.281 e. The van der Waals surface area contributed by atoms with Crippen LogP contribution in [0.15, 0.2) is 30.3 Å². The SMILES string of the molecule is CCCC[SH](S)SC(=O)c1ccccc1. The van der Waals surface area contributed by atoms with Gasteiger partial charge in [-0.2, -0.15) is 8.96 Å². The van der Waals surface area contributed by atoms with Crippen molar-refractivity contribution in [2.75, 3.05) is 5.75 Å². The second-order valence-corrected chi connectivity index (χ2v) is 9.01. The summed E-state index contributed by atoms with van der Waals surface area (Å²) in [4.78, 5) is 11.7. The Morgan fingerprint density at radius 2 is 2.07 bits per heavy atom. The van der Waals surface area contributed by atoms with Crippen LogP contribution in [0, 0.1) is 0 Å². The normalized spacial score (nSPS) is 13.6. The number of carbonyl (C=O) groups excluding carboxylic acids is 1. The predicted octanol–water partition coefficient (Wildman–Crippen LogP) is 4.12. The molecule has 0 fully saturated rings. The Morgan fingerprint density at radius 3 is 2.67 bits per heavy atom. The van der Waals surface area contributed by atoms with Crippen molar-refractivity contribution < 1.29 is 4.79 Å². The van der Waals surface area contributed by atoms with Gasteiger partial charge in [-0.25, -0.2) is 0 Å². The lowest BCUT2D eigenvalue weighted by atomic mass is 10.2. The van der Waals surface area contributed by atoms with Crippen LogP contribution in [0.2, 0.25) is 0 Å². The van der Waals surface area contributed by atoms with Crippen molar-refractivity contribution in [1.29, 1.82) is 0 Å². The molecule has 1 nitrogen and oxygen atoms in total. The molecule has 0 aliphatic carbocycles. The third-order valence-corrected chi connectivity index (χ3v) is 6.22. The van der Waals surface area contributed by atoms with Crippen LogP contribution in [0.3, 0.4) is 0 Å². The molecule has 0 bridgehead atoms. The van der Waals surface area contributed by atoms with E-state index in [1.165, 1.54) is 17.2 Å². The quantitative estimate of drug-likeness (QED) is 0.612. The summed E-state index contributed by atoms with van der Waals surface area (Å²) < 4.78 is 0. The van der Waals surface area contributed by atoms with Gasteiger partial charge in [-0.1, -0.05) is 43.7 Å². The second-order valence-electron chi connectivity index (χ2n) is 3.17. The molecular formula is C11H16OS3. The van der Waals surface area contributed by atoms with Crippen molar-refractivity contribution >= 4 is 36.5 Å². The average molecular weight is 260 g/mol. The molecule has 0 spiro atoms. The highest BCUT2D eigenvalue weighted by molar-refractivity contribution is 9.16. The number of thiol groups is 2. The molecule has 0 heterocycles. The van der Waals surface area contributed by atoms with Crippen molar-refractivity contribution in [3.8, 4) is 0 Å². The van der Waals surface area contributed by atoms with Crippen LogP contribution in [0.4, 0.5) is 0 Å². The number of hydrogen-bond acceptors (Lipinski definition) is 3. The first-order valence-corrected chi connectivity index (χ1v) is 9.08. The topological polar surface area (TPSA) is 17.1 Å². The Labute approximate surface area is 103 Å². The van der Waals surface area contributed by atoms with Crippen molar-refractivity contribution in [2.24, 2.45) is 0 Å². The van der Waals surface area contributed by atoms with E-state index in [1.54, 1.807) is 0 Å². The Morgan fingerprint density at radius 1 is 1.40 bits per heavy atom. The van der Waals surface area contributed by atoms with Gasteiger partial charge in [0, 0.05) is 5.56 Å². The van der Waals surface area contributed by atoms with Gasteiger partial charge in [0.05, 0.1) is 0 Å². The highest BCUT2D eigenvalue weighted by atomic mass is 33.5. The van der Waals surface area contributed by atoms with Crippen molar-refractivity contribution in [2.45, 2.75) is 19.8 Å². The standard InChI is InChI=1S/C11H16OS3/c1-2-3-9-15(13)14-11(12)10-7-5-4-6-8-10/h4-8,13,15H,2-3,9H2,1H3. The largest absolute Gasteiger partial charge is 0.281 e. The fourth-order valence-corrected chi connectivity index (χ4v) is 4.82. The monoisotopic (exact) mass is 260 g/mol. The maximum absolute atomic E-state index is 11.7. The Bertz CT molecular complexity index is 300. The van der Waals surface area contributed by atoms with E-state index in [9.17, 15) is 4.79 Å². The van der Waals surface area contributed by atoms with Crippen LogP contribution >= 0.6 is 31.4 Å². The third kappa shape index (κ3) is 5.00. The van der Waals surface area contributed by atoms with Gasteiger partial charge in [0.1, 0.15) is 0 Å². The third-order valence-electron chi connectivity index (χ3n) is 1.90. The van der Waals surface area contributed by atoms with Crippen molar-refractivity contribution in [3.05, 3.63) is 35.9 Å². The minimum atomic E-state index is -0.488. The van der Waals surface area contributed by atoms with Gasteiger partial charge in [0.15, 0.2) is 0 Å². The Hall–Kier alpha value is -0.0600. The van der Waals surface area contributed by atoms with Crippen molar-refractivity contribution in [3.63, 3.8) is 0 Å². The second kappa shape index (κ2) is 7.25. The molecule has 0 saturated carbocycles. The fraction of sp³-hybridized carbons (Fsp3) is 0.364. The number of benzene rings is 1. The zero-order valence-corrected chi connectivity index (χ0v) is 11.3. The summed E-state index contributed by atoms with van der Waals surface area (Å²) in [6, 6.07) is 9.40. The smallest absolute Gasteiger partial charge is 0.228 e. The molecule has 0 radical (unpaired) electrons. The molecule has 84 valence electrons. The number of carbonyl (C=O) groups is 1. The van der Waals surface area contributed by atoms with Crippen LogP contribution in [0.25, 0.3) is 0 Å². The molecule has 0 aliphatic rings. The summed E-state index contributed by atoms with van der Waals surface area (Å²) in [6.07, 6.45) is 2.32. The fourth-order valence-electron chi connectivity index (χ4n) is 1.06. The summed E-state index contributed by atoms with van der Waals surface area (Å²) in [6.45, 7) is 2.15. The summed E-state index contributed by atoms with van der Waals surface area (Å²) >= 11 is 4.46. The summed E-state index contributed by atoms with van der Waals surface area (Å²) in [7, 11) is 0.895. The molecule has 1 aromatic rings. The molecule has 1 atom stereocenters. The highest BCUT2D eigenvalue weighted by Crippen LogP contribution is 2.46. The number of unbranched alkanes of at least 4 members (excludes halogenated alkanes) is 1. The van der Waals surface area contributed by atoms with E-state index < -0.39 is 8.96 Å². The minimum absolute atomic E-state index is 0.146. The van der Waals surface area contributed by atoms with Gasteiger partial charge >= 0.3 is 0 Å². The van der Waals surface area contributed by atoms with Gasteiger partial charge in [-0.3, -0.25) is 4.79 Å². The van der Waals surface area contributed by atoms with E-state index >= 15 is 0 Å². The summed E-state index contributed by atoms with van der Waals surface area (Å²) in [5.41, 5.74) is 0.778. The van der Waals surface area contributed by atoms with E-state index in [0.29, 0.717) is 0 Å². The van der Waals surface area contributed by atoms with Gasteiger partial charge < -0.3 is 0 Å². The Kier molecular flexibility index (Phi) is 6.29. The van der Waals surface area contributed by atoms with Gasteiger partial charge in [0.25, 0.3) is 0 Å². The summed E-state index contributed by atoms with van der Waals surface area (Å²) in [5, 5.41) is 0.146. The first-order valence-electron chi connectivity index (χ1n) is 4.97. The van der Waals surface area contributed by atoms with Crippen LogP contribution in [-0.4, -0.2) is 10.9 Å². The van der Waals surface area contributed by atoms with E-state index in [0.717, 1.165) is 17.7 Å². The van der Waals surface area contributed by atoms with E-state index in [2.05, 4.69) is 18.6 Å². The lowest BCUT2D eigenvalue weighted by Gasteiger charge is -2.12. The van der Waals surface area contributed by atoms with Gasteiger partial charge in [-0.15, -0.1) is 11.7 Å². The lowest BCUT2D eigenvalue weighted by molar-refractivity contribution is 0.109. The zero-order chi connectivity index (χ0) is 11.1. The molecule has 0 amide bonds. The van der Waals surface area contributed by atoms with Crippen LogP contribution in [-0.2, 0) is 0 Å². The van der Waals surface area contributed by atoms with Crippen molar-refractivity contribution in [1.82, 2.24) is 0 Å². The average Bonchev–Trinajstić information content (AvgIpc) is 2.27. The van der Waals surface area contributed by atoms with E-state index in [4.69, 9.17) is 0 Å². The molecular weight excluding hydrogens is 244 g/mol. The van der Waals surface area contributed by atoms with E-state index in [1.807, 2.05) is 30.3 Å². The molecule has 0 N–H and O–H groups in total. The molecule has 0 aromatic heterocycles. The zero-order valence-electron chi connectivity index (χ0n) is 8.72. The van der Waals surface area contributed by atoms with Crippen LogP contribution < -0.4 is 0 Å². The molecule has 1 aromatic carbocycles. The van der Waals surface area contributed by atoms with Gasteiger partial charge in [0.2, 0.25) is 5.12 Å². The number of hydrogen-bond donors (Lipinski definition) is 2. The molecule has 1 unspecified atom stereocenters. The van der Waals surface area contributed by atoms with Crippen LogP contribution in [0.5, 0.6) is 0 Å². The molecule has 0 saturated heterocycles. The molecule has 4 heteroatoms. The molecule has 1 rings (SSSR count). The maximum atomic E-state index is 11.7. The van der Waals surface area contributed by atoms with Gasteiger partial charge in [-0.05, 0) is 23.0 Å². The molecule has 15 heavy (non-hydrogen) atoms. The first kappa shape index (κ1) is 13.0. The Balaban J connectivity index is 2.42. The lowest BCUT2D eigenvalue weighted by Crippen LogP contribution is -1.92.